The summed E-state index contributed by atoms with van der Waals surface area (Å²) in [5, 5.41) is 9.30. The SMILES string of the molecule is CCNC(=NCCCCC1CCCC1)NCCNC(=O)c1ccco1.I. The van der Waals surface area contributed by atoms with Crippen LogP contribution in [0.4, 0.5) is 0 Å². The smallest absolute Gasteiger partial charge is 0.287 e. The predicted molar refractivity (Wildman–Crippen MR) is 116 cm³/mol. The molecular formula is C19H33IN4O2. The van der Waals surface area contributed by atoms with E-state index in [1.165, 1.54) is 44.8 Å². The van der Waals surface area contributed by atoms with Gasteiger partial charge in [0.1, 0.15) is 0 Å². The van der Waals surface area contributed by atoms with Crippen molar-refractivity contribution in [2.45, 2.75) is 51.9 Å². The van der Waals surface area contributed by atoms with Gasteiger partial charge in [-0.15, -0.1) is 24.0 Å². The molecule has 26 heavy (non-hydrogen) atoms. The summed E-state index contributed by atoms with van der Waals surface area (Å²) in [6.07, 6.45) is 11.0. The molecule has 0 atom stereocenters. The molecule has 1 saturated carbocycles. The Kier molecular flexibility index (Phi) is 12.2. The highest BCUT2D eigenvalue weighted by Gasteiger charge is 2.13. The number of nitrogens with one attached hydrogen (secondary N) is 3. The number of nitrogens with zero attached hydrogens (tertiary/aromatic N) is 1. The molecule has 0 radical (unpaired) electrons. The van der Waals surface area contributed by atoms with Gasteiger partial charge in [-0.2, -0.15) is 0 Å². The van der Waals surface area contributed by atoms with Crippen LogP contribution in [-0.4, -0.2) is 38.0 Å². The van der Waals surface area contributed by atoms with Crippen LogP contribution in [-0.2, 0) is 0 Å². The maximum absolute atomic E-state index is 11.8. The lowest BCUT2D eigenvalue weighted by atomic mass is 10.0. The molecule has 0 aliphatic heterocycles. The molecule has 148 valence electrons. The summed E-state index contributed by atoms with van der Waals surface area (Å²) in [5.41, 5.74) is 0. The molecule has 0 bridgehead atoms. The molecule has 0 spiro atoms. The number of aliphatic imine (C=N–C) groups is 1. The van der Waals surface area contributed by atoms with Crippen LogP contribution in [0.3, 0.4) is 0 Å². The number of hydrogen-bond acceptors (Lipinski definition) is 3. The third-order valence-electron chi connectivity index (χ3n) is 4.56. The molecule has 1 heterocycles. The summed E-state index contributed by atoms with van der Waals surface area (Å²) in [6.45, 7) is 4.87. The highest BCUT2D eigenvalue weighted by Crippen LogP contribution is 2.28. The van der Waals surface area contributed by atoms with Crippen LogP contribution >= 0.6 is 24.0 Å². The number of unbranched alkanes of at least 4 members (excludes halogenated alkanes) is 1. The Balaban J connectivity index is 0.00000338. The lowest BCUT2D eigenvalue weighted by molar-refractivity contribution is 0.0926. The number of guanidine groups is 1. The molecule has 0 unspecified atom stereocenters. The molecule has 1 aromatic heterocycles. The van der Waals surface area contributed by atoms with E-state index in [4.69, 9.17) is 4.42 Å². The normalized spacial score (nSPS) is 14.7. The van der Waals surface area contributed by atoms with E-state index in [0.29, 0.717) is 18.8 Å². The number of furan rings is 1. The van der Waals surface area contributed by atoms with Crippen LogP contribution in [0.15, 0.2) is 27.8 Å². The van der Waals surface area contributed by atoms with Gasteiger partial charge in [0.25, 0.3) is 5.91 Å². The number of amides is 1. The summed E-state index contributed by atoms with van der Waals surface area (Å²) >= 11 is 0. The molecule has 2 rings (SSSR count). The Bertz CT molecular complexity index is 514. The summed E-state index contributed by atoms with van der Waals surface area (Å²) in [7, 11) is 0. The van der Waals surface area contributed by atoms with Crippen molar-refractivity contribution in [2.24, 2.45) is 10.9 Å². The van der Waals surface area contributed by atoms with Gasteiger partial charge in [0.15, 0.2) is 11.7 Å². The number of carbonyl (C=O) groups excluding carboxylic acids is 1. The number of halogens is 1. The van der Waals surface area contributed by atoms with E-state index in [2.05, 4.69) is 27.9 Å². The zero-order valence-corrected chi connectivity index (χ0v) is 18.1. The van der Waals surface area contributed by atoms with Crippen molar-refractivity contribution in [1.82, 2.24) is 16.0 Å². The second-order valence-electron chi connectivity index (χ2n) is 6.57. The van der Waals surface area contributed by atoms with Crippen LogP contribution in [0.1, 0.15) is 62.4 Å². The van der Waals surface area contributed by atoms with E-state index in [9.17, 15) is 4.79 Å². The highest BCUT2D eigenvalue weighted by molar-refractivity contribution is 14.0. The third-order valence-corrected chi connectivity index (χ3v) is 4.56. The monoisotopic (exact) mass is 476 g/mol. The molecule has 3 N–H and O–H groups in total. The second kappa shape index (κ2) is 13.9. The Morgan fingerprint density at radius 3 is 2.65 bits per heavy atom. The topological polar surface area (TPSA) is 78.7 Å². The van der Waals surface area contributed by atoms with E-state index in [1.807, 2.05) is 0 Å². The average Bonchev–Trinajstić information content (AvgIpc) is 3.31. The van der Waals surface area contributed by atoms with Gasteiger partial charge in [0.2, 0.25) is 0 Å². The Morgan fingerprint density at radius 2 is 1.96 bits per heavy atom. The lowest BCUT2D eigenvalue weighted by Crippen LogP contribution is -2.41. The molecule has 1 fully saturated rings. The minimum atomic E-state index is -0.194. The molecule has 0 aromatic carbocycles. The van der Waals surface area contributed by atoms with E-state index < -0.39 is 0 Å². The van der Waals surface area contributed by atoms with Crippen molar-refractivity contribution >= 4 is 35.8 Å². The summed E-state index contributed by atoms with van der Waals surface area (Å²) in [5.74, 6) is 1.92. The summed E-state index contributed by atoms with van der Waals surface area (Å²) in [6, 6.07) is 3.36. The van der Waals surface area contributed by atoms with Gasteiger partial charge in [-0.3, -0.25) is 9.79 Å². The van der Waals surface area contributed by atoms with E-state index in [0.717, 1.165) is 31.4 Å². The zero-order valence-electron chi connectivity index (χ0n) is 15.8. The molecule has 1 aliphatic carbocycles. The van der Waals surface area contributed by atoms with Crippen LogP contribution in [0.5, 0.6) is 0 Å². The molecular weight excluding hydrogens is 443 g/mol. The van der Waals surface area contributed by atoms with Gasteiger partial charge in [0, 0.05) is 26.2 Å². The molecule has 1 aliphatic rings. The Labute approximate surface area is 174 Å². The van der Waals surface area contributed by atoms with Crippen molar-refractivity contribution in [3.05, 3.63) is 24.2 Å². The first-order valence-electron chi connectivity index (χ1n) is 9.63. The molecule has 7 heteroatoms. The van der Waals surface area contributed by atoms with E-state index >= 15 is 0 Å². The third kappa shape index (κ3) is 8.91. The maximum Gasteiger partial charge on any atom is 0.287 e. The predicted octanol–water partition coefficient (Wildman–Crippen LogP) is 3.54. The molecule has 6 nitrogen and oxygen atoms in total. The van der Waals surface area contributed by atoms with Crippen molar-refractivity contribution in [2.75, 3.05) is 26.2 Å². The van der Waals surface area contributed by atoms with Crippen molar-refractivity contribution in [3.63, 3.8) is 0 Å². The lowest BCUT2D eigenvalue weighted by Gasteiger charge is -2.12. The number of hydrogen-bond donors (Lipinski definition) is 3. The second-order valence-corrected chi connectivity index (χ2v) is 6.57. The fourth-order valence-electron chi connectivity index (χ4n) is 3.23. The van der Waals surface area contributed by atoms with Gasteiger partial charge >= 0.3 is 0 Å². The fourth-order valence-corrected chi connectivity index (χ4v) is 3.23. The van der Waals surface area contributed by atoms with Gasteiger partial charge < -0.3 is 20.4 Å². The maximum atomic E-state index is 11.8. The zero-order chi connectivity index (χ0) is 17.7. The molecule has 0 saturated heterocycles. The van der Waals surface area contributed by atoms with Crippen LogP contribution in [0.2, 0.25) is 0 Å². The average molecular weight is 476 g/mol. The first-order valence-corrected chi connectivity index (χ1v) is 9.63. The molecule has 1 amide bonds. The quantitative estimate of drug-likeness (QED) is 0.209. The van der Waals surface area contributed by atoms with Crippen LogP contribution in [0, 0.1) is 5.92 Å². The van der Waals surface area contributed by atoms with Crippen molar-refractivity contribution in [3.8, 4) is 0 Å². The van der Waals surface area contributed by atoms with Gasteiger partial charge in [-0.05, 0) is 31.4 Å². The van der Waals surface area contributed by atoms with Crippen LogP contribution < -0.4 is 16.0 Å². The largest absolute Gasteiger partial charge is 0.459 e. The summed E-state index contributed by atoms with van der Waals surface area (Å²) in [4.78, 5) is 16.4. The summed E-state index contributed by atoms with van der Waals surface area (Å²) < 4.78 is 5.06. The number of carbonyl (C=O) groups is 1. The first kappa shape index (κ1) is 22.8. The Hall–Kier alpha value is -1.25. The van der Waals surface area contributed by atoms with E-state index in [-0.39, 0.29) is 29.9 Å². The first-order chi connectivity index (χ1) is 12.3. The highest BCUT2D eigenvalue weighted by atomic mass is 127. The Morgan fingerprint density at radius 1 is 1.19 bits per heavy atom. The fraction of sp³-hybridized carbons (Fsp3) is 0.684. The van der Waals surface area contributed by atoms with Crippen molar-refractivity contribution in [1.29, 1.82) is 0 Å². The van der Waals surface area contributed by atoms with Crippen LogP contribution in [0.25, 0.3) is 0 Å². The minimum Gasteiger partial charge on any atom is -0.459 e. The van der Waals surface area contributed by atoms with Gasteiger partial charge in [0.05, 0.1) is 6.26 Å². The van der Waals surface area contributed by atoms with Gasteiger partial charge in [-0.25, -0.2) is 0 Å². The minimum absolute atomic E-state index is 0. The number of rotatable bonds is 10. The standard InChI is InChI=1S/C19H32N4O2.HI/c1-2-20-19(22-12-6-5-10-16-8-3-4-9-16)23-14-13-21-18(24)17-11-7-15-25-17;/h7,11,15-16H,2-6,8-10,12-14H2,1H3,(H,21,24)(H2,20,22,23);1H. The molecule has 1 aromatic rings. The van der Waals surface area contributed by atoms with E-state index in [1.54, 1.807) is 12.1 Å². The van der Waals surface area contributed by atoms with Gasteiger partial charge in [-0.1, -0.05) is 38.5 Å². The van der Waals surface area contributed by atoms with Crippen molar-refractivity contribution < 1.29 is 9.21 Å².